The number of rotatable bonds is 10. The lowest BCUT2D eigenvalue weighted by Gasteiger charge is -2.31. The summed E-state index contributed by atoms with van der Waals surface area (Å²) in [7, 11) is 0. The van der Waals surface area contributed by atoms with Crippen LogP contribution in [0.5, 0.6) is 0 Å². The van der Waals surface area contributed by atoms with Crippen LogP contribution in [0.2, 0.25) is 0 Å². The largest absolute Gasteiger partial charge is 0.480 e. The van der Waals surface area contributed by atoms with E-state index in [0.29, 0.717) is 19.3 Å². The van der Waals surface area contributed by atoms with Gasteiger partial charge in [0.25, 0.3) is 0 Å². The molecule has 0 aromatic rings. The molecule has 1 aliphatic rings. The maximum absolute atomic E-state index is 13.0. The van der Waals surface area contributed by atoms with Crippen molar-refractivity contribution in [2.45, 2.75) is 70.3 Å². The summed E-state index contributed by atoms with van der Waals surface area (Å²) in [4.78, 5) is 50.0. The second kappa shape index (κ2) is 11.1. The molecule has 11 nitrogen and oxygen atoms in total. The normalized spacial score (nSPS) is 21.6. The van der Waals surface area contributed by atoms with Crippen molar-refractivity contribution in [3.63, 3.8) is 0 Å². The molecular weight excluding hydrogens is 384 g/mol. The number of nitrogens with zero attached hydrogens (tertiary/aromatic N) is 1. The van der Waals surface area contributed by atoms with Gasteiger partial charge in [-0.3, -0.25) is 14.4 Å². The van der Waals surface area contributed by atoms with Crippen molar-refractivity contribution in [1.29, 1.82) is 0 Å². The second-order valence-electron chi connectivity index (χ2n) is 7.41. The highest BCUT2D eigenvalue weighted by atomic mass is 16.4. The van der Waals surface area contributed by atoms with Crippen LogP contribution in [0, 0.1) is 5.92 Å². The summed E-state index contributed by atoms with van der Waals surface area (Å²) in [6.45, 7) is 4.44. The van der Waals surface area contributed by atoms with E-state index in [1.807, 2.05) is 6.92 Å². The number of likely N-dealkylation sites (tertiary alicyclic amines) is 1. The molecule has 0 aliphatic carbocycles. The molecule has 1 fully saturated rings. The van der Waals surface area contributed by atoms with Gasteiger partial charge in [-0.05, 0) is 25.7 Å². The zero-order chi connectivity index (χ0) is 22.3. The number of hydrogen-bond acceptors (Lipinski definition) is 7. The molecule has 3 amide bonds. The molecule has 1 aliphatic heterocycles. The predicted octanol–water partition coefficient (Wildman–Crippen LogP) is -2.22. The highest BCUT2D eigenvalue weighted by Gasteiger charge is 2.40. The van der Waals surface area contributed by atoms with Gasteiger partial charge < -0.3 is 36.6 Å². The first-order valence-corrected chi connectivity index (χ1v) is 9.73. The van der Waals surface area contributed by atoms with Crippen LogP contribution in [0.3, 0.4) is 0 Å². The summed E-state index contributed by atoms with van der Waals surface area (Å²) in [5.41, 5.74) is 5.89. The Morgan fingerprint density at radius 1 is 1.21 bits per heavy atom. The van der Waals surface area contributed by atoms with Crippen LogP contribution in [-0.2, 0) is 19.2 Å². The van der Waals surface area contributed by atoms with Gasteiger partial charge in [-0.25, -0.2) is 4.79 Å². The fraction of sp³-hybridized carbons (Fsp3) is 0.778. The Morgan fingerprint density at radius 2 is 1.83 bits per heavy atom. The third-order valence-electron chi connectivity index (χ3n) is 5.24. The van der Waals surface area contributed by atoms with E-state index in [1.54, 1.807) is 6.92 Å². The van der Waals surface area contributed by atoms with E-state index in [9.17, 15) is 24.3 Å². The fourth-order valence-electron chi connectivity index (χ4n) is 3.09. The Balaban J connectivity index is 2.91. The Morgan fingerprint density at radius 3 is 2.31 bits per heavy atom. The van der Waals surface area contributed by atoms with E-state index in [4.69, 9.17) is 15.9 Å². The molecule has 1 saturated heterocycles. The van der Waals surface area contributed by atoms with Crippen molar-refractivity contribution in [2.24, 2.45) is 11.7 Å². The van der Waals surface area contributed by atoms with Crippen LogP contribution in [0.15, 0.2) is 0 Å². The number of carboxylic acid groups (broad SMARTS) is 1. The number of aliphatic hydroxyl groups is 2. The molecule has 0 aromatic carbocycles. The number of aliphatic carboxylic acids is 1. The van der Waals surface area contributed by atoms with Crippen LogP contribution >= 0.6 is 0 Å². The number of carbonyl (C=O) groups excluding carboxylic acids is 3. The van der Waals surface area contributed by atoms with Crippen LogP contribution in [0.25, 0.3) is 0 Å². The minimum atomic E-state index is -1.49. The lowest BCUT2D eigenvalue weighted by Crippen LogP contribution is -2.60. The smallest absolute Gasteiger partial charge is 0.328 e. The second-order valence-corrected chi connectivity index (χ2v) is 7.41. The maximum Gasteiger partial charge on any atom is 0.328 e. The molecule has 29 heavy (non-hydrogen) atoms. The van der Waals surface area contributed by atoms with Crippen LogP contribution in [0.1, 0.15) is 40.0 Å². The van der Waals surface area contributed by atoms with Crippen molar-refractivity contribution in [3.8, 4) is 0 Å². The summed E-state index contributed by atoms with van der Waals surface area (Å²) in [6, 6.07) is -4.59. The molecule has 11 heteroatoms. The van der Waals surface area contributed by atoms with Gasteiger partial charge in [-0.15, -0.1) is 0 Å². The number of amides is 3. The first-order valence-electron chi connectivity index (χ1n) is 9.73. The van der Waals surface area contributed by atoms with Crippen molar-refractivity contribution in [2.75, 3.05) is 13.2 Å². The van der Waals surface area contributed by atoms with Gasteiger partial charge in [0.15, 0.2) is 0 Å². The SMILES string of the molecule is CCC(C)C(N)C(=O)NC(C(=O)N1CCCC1C(=O)NC(CO)C(=O)O)C(C)O. The van der Waals surface area contributed by atoms with E-state index in [1.165, 1.54) is 11.8 Å². The van der Waals surface area contributed by atoms with Gasteiger partial charge in [-0.1, -0.05) is 20.3 Å². The molecule has 1 heterocycles. The van der Waals surface area contributed by atoms with E-state index in [2.05, 4.69) is 10.6 Å². The summed E-state index contributed by atoms with van der Waals surface area (Å²) < 4.78 is 0. The van der Waals surface area contributed by atoms with Gasteiger partial charge >= 0.3 is 5.97 Å². The number of hydrogen-bond donors (Lipinski definition) is 6. The number of carboxylic acids is 1. The minimum absolute atomic E-state index is 0.128. The molecule has 0 spiro atoms. The summed E-state index contributed by atoms with van der Waals surface area (Å²) in [5.74, 6) is -3.48. The highest BCUT2D eigenvalue weighted by molar-refractivity contribution is 5.94. The molecule has 6 unspecified atom stereocenters. The number of aliphatic hydroxyl groups excluding tert-OH is 2. The Hall–Kier alpha value is -2.24. The fourth-order valence-corrected chi connectivity index (χ4v) is 3.09. The van der Waals surface area contributed by atoms with Gasteiger partial charge in [0.1, 0.15) is 18.1 Å². The van der Waals surface area contributed by atoms with Crippen molar-refractivity contribution in [1.82, 2.24) is 15.5 Å². The highest BCUT2D eigenvalue weighted by Crippen LogP contribution is 2.20. The summed E-state index contributed by atoms with van der Waals surface area (Å²) >= 11 is 0. The van der Waals surface area contributed by atoms with Gasteiger partial charge in [0, 0.05) is 6.54 Å². The third-order valence-corrected chi connectivity index (χ3v) is 5.24. The molecule has 7 N–H and O–H groups in total. The average Bonchev–Trinajstić information content (AvgIpc) is 3.17. The molecule has 0 bridgehead atoms. The zero-order valence-corrected chi connectivity index (χ0v) is 17.0. The lowest BCUT2D eigenvalue weighted by atomic mass is 9.98. The molecule has 0 radical (unpaired) electrons. The van der Waals surface area contributed by atoms with Crippen LogP contribution in [0.4, 0.5) is 0 Å². The molecule has 1 rings (SSSR count). The number of carbonyl (C=O) groups is 4. The molecule has 0 aromatic heterocycles. The topological polar surface area (TPSA) is 182 Å². The van der Waals surface area contributed by atoms with E-state index >= 15 is 0 Å². The van der Waals surface area contributed by atoms with Gasteiger partial charge in [0.05, 0.1) is 18.8 Å². The van der Waals surface area contributed by atoms with E-state index < -0.39 is 60.6 Å². The average molecular weight is 416 g/mol. The molecule has 0 saturated carbocycles. The summed E-state index contributed by atoms with van der Waals surface area (Å²) in [6.07, 6.45) is 0.214. The van der Waals surface area contributed by atoms with E-state index in [-0.39, 0.29) is 12.5 Å². The lowest BCUT2D eigenvalue weighted by molar-refractivity contribution is -0.146. The number of nitrogens with one attached hydrogen (secondary N) is 2. The quantitative estimate of drug-likeness (QED) is 0.231. The Bertz CT molecular complexity index is 613. The maximum atomic E-state index is 13.0. The molecule has 6 atom stereocenters. The third kappa shape index (κ3) is 6.38. The Kier molecular flexibility index (Phi) is 9.47. The zero-order valence-electron chi connectivity index (χ0n) is 17.0. The monoisotopic (exact) mass is 416 g/mol. The number of nitrogens with two attached hydrogens (primary N) is 1. The minimum Gasteiger partial charge on any atom is -0.480 e. The van der Waals surface area contributed by atoms with Crippen molar-refractivity contribution >= 4 is 23.7 Å². The van der Waals surface area contributed by atoms with Crippen LogP contribution < -0.4 is 16.4 Å². The predicted molar refractivity (Wildman–Crippen MR) is 102 cm³/mol. The standard InChI is InChI=1S/C18H32N4O7/c1-4-9(2)13(19)16(26)21-14(10(3)24)17(27)22-7-5-6-12(22)15(25)20-11(8-23)18(28)29/h9-14,23-24H,4-8,19H2,1-3H3,(H,20,25)(H,21,26)(H,28,29). The Labute approximate surface area is 169 Å². The first kappa shape index (κ1) is 24.8. The molecular formula is C18H32N4O7. The molecule has 166 valence electrons. The summed E-state index contributed by atoms with van der Waals surface area (Å²) in [5, 5.41) is 32.7. The van der Waals surface area contributed by atoms with Crippen molar-refractivity contribution < 1.29 is 34.5 Å². The van der Waals surface area contributed by atoms with E-state index in [0.717, 1.165) is 0 Å². The first-order chi connectivity index (χ1) is 13.5. The van der Waals surface area contributed by atoms with Crippen LogP contribution in [-0.4, -0.2) is 87.3 Å². The van der Waals surface area contributed by atoms with Gasteiger partial charge in [-0.2, -0.15) is 0 Å². The van der Waals surface area contributed by atoms with Crippen molar-refractivity contribution in [3.05, 3.63) is 0 Å². The van der Waals surface area contributed by atoms with Gasteiger partial charge in [0.2, 0.25) is 17.7 Å².